The van der Waals surface area contributed by atoms with E-state index in [2.05, 4.69) is 10.6 Å². The molecule has 7 heteroatoms. The maximum absolute atomic E-state index is 12.1. The Hall–Kier alpha value is -2.67. The smallest absolute Gasteiger partial charge is 0.234 e. The first kappa shape index (κ1) is 21.6. The highest BCUT2D eigenvalue weighted by Gasteiger charge is 2.10. The summed E-state index contributed by atoms with van der Waals surface area (Å²) in [6.07, 6.45) is 0. The Morgan fingerprint density at radius 2 is 1.68 bits per heavy atom. The van der Waals surface area contributed by atoms with Gasteiger partial charge in [-0.05, 0) is 44.5 Å². The van der Waals surface area contributed by atoms with Gasteiger partial charge in [0.05, 0.1) is 25.2 Å². The minimum atomic E-state index is -0.185. The average molecular weight is 403 g/mol. The zero-order valence-corrected chi connectivity index (χ0v) is 17.4. The van der Waals surface area contributed by atoms with Crippen molar-refractivity contribution in [2.24, 2.45) is 0 Å². The number of carbonyl (C=O) groups is 2. The van der Waals surface area contributed by atoms with Crippen molar-refractivity contribution in [2.75, 3.05) is 35.9 Å². The molecule has 2 N–H and O–H groups in total. The highest BCUT2D eigenvalue weighted by molar-refractivity contribution is 8.00. The van der Waals surface area contributed by atoms with Crippen molar-refractivity contribution in [1.29, 1.82) is 0 Å². The molecule has 0 fully saturated rings. The van der Waals surface area contributed by atoms with Crippen molar-refractivity contribution < 1.29 is 19.1 Å². The lowest BCUT2D eigenvalue weighted by atomic mass is 10.1. The first-order valence-corrected chi connectivity index (χ1v) is 10.1. The van der Waals surface area contributed by atoms with Crippen LogP contribution in [0.5, 0.6) is 11.5 Å². The molecule has 2 rings (SSSR count). The zero-order chi connectivity index (χ0) is 20.5. The summed E-state index contributed by atoms with van der Waals surface area (Å²) in [5.41, 5.74) is 3.57. The minimum Gasteiger partial charge on any atom is -0.493 e. The van der Waals surface area contributed by atoms with Crippen LogP contribution in [-0.2, 0) is 9.59 Å². The van der Waals surface area contributed by atoms with E-state index in [4.69, 9.17) is 9.47 Å². The summed E-state index contributed by atoms with van der Waals surface area (Å²) in [6, 6.07) is 11.1. The quantitative estimate of drug-likeness (QED) is 0.662. The van der Waals surface area contributed by atoms with E-state index in [1.165, 1.54) is 11.8 Å². The molecule has 0 saturated heterocycles. The molecule has 0 radical (unpaired) electrons. The first-order valence-electron chi connectivity index (χ1n) is 8.98. The van der Waals surface area contributed by atoms with Crippen LogP contribution < -0.4 is 20.1 Å². The fourth-order valence-electron chi connectivity index (χ4n) is 2.59. The summed E-state index contributed by atoms with van der Waals surface area (Å²) in [7, 11) is 1.55. The molecular weight excluding hydrogens is 376 g/mol. The van der Waals surface area contributed by atoms with Crippen LogP contribution in [0.1, 0.15) is 18.1 Å². The lowest BCUT2D eigenvalue weighted by Gasteiger charge is -2.12. The molecule has 2 aromatic carbocycles. The van der Waals surface area contributed by atoms with Gasteiger partial charge in [-0.2, -0.15) is 0 Å². The standard InChI is InChI=1S/C21H26N2O4S/c1-5-27-18-9-7-16(11-19(18)26-4)22-20(24)12-28-13-21(25)23-17-8-6-14(2)10-15(17)3/h6-11H,5,12-13H2,1-4H3,(H,22,24)(H,23,25). The molecule has 0 spiro atoms. The summed E-state index contributed by atoms with van der Waals surface area (Å²) in [4.78, 5) is 24.2. The predicted octanol–water partition coefficient (Wildman–Crippen LogP) is 4.02. The number of nitrogens with one attached hydrogen (secondary N) is 2. The molecule has 2 amide bonds. The normalized spacial score (nSPS) is 10.3. The molecular formula is C21H26N2O4S. The summed E-state index contributed by atoms with van der Waals surface area (Å²) >= 11 is 1.26. The van der Waals surface area contributed by atoms with Crippen LogP contribution in [-0.4, -0.2) is 37.0 Å². The van der Waals surface area contributed by atoms with E-state index in [1.807, 2.05) is 39.0 Å². The van der Waals surface area contributed by atoms with Gasteiger partial charge in [-0.15, -0.1) is 11.8 Å². The van der Waals surface area contributed by atoms with Crippen molar-refractivity contribution >= 4 is 35.0 Å². The van der Waals surface area contributed by atoms with Gasteiger partial charge in [0.15, 0.2) is 11.5 Å². The van der Waals surface area contributed by atoms with Crippen molar-refractivity contribution in [1.82, 2.24) is 0 Å². The zero-order valence-electron chi connectivity index (χ0n) is 16.6. The van der Waals surface area contributed by atoms with Gasteiger partial charge in [0, 0.05) is 17.4 Å². The van der Waals surface area contributed by atoms with E-state index in [-0.39, 0.29) is 23.3 Å². The maximum atomic E-state index is 12.1. The molecule has 6 nitrogen and oxygen atoms in total. The van der Waals surface area contributed by atoms with Gasteiger partial charge >= 0.3 is 0 Å². The summed E-state index contributed by atoms with van der Waals surface area (Å²) in [5, 5.41) is 5.67. The van der Waals surface area contributed by atoms with Crippen LogP contribution in [0.3, 0.4) is 0 Å². The summed E-state index contributed by atoms with van der Waals surface area (Å²) in [6.45, 7) is 6.38. The predicted molar refractivity (Wildman–Crippen MR) is 115 cm³/mol. The molecule has 0 atom stereocenters. The number of carbonyl (C=O) groups excluding carboxylic acids is 2. The Morgan fingerprint density at radius 3 is 2.32 bits per heavy atom. The Balaban J connectivity index is 1.80. The van der Waals surface area contributed by atoms with Crippen molar-refractivity contribution in [2.45, 2.75) is 20.8 Å². The fraction of sp³-hybridized carbons (Fsp3) is 0.333. The number of anilines is 2. The molecule has 0 aliphatic heterocycles. The lowest BCUT2D eigenvalue weighted by Crippen LogP contribution is -2.18. The van der Waals surface area contributed by atoms with Crippen molar-refractivity contribution in [3.05, 3.63) is 47.5 Å². The minimum absolute atomic E-state index is 0.132. The number of ether oxygens (including phenoxy) is 2. The van der Waals surface area contributed by atoms with Crippen LogP contribution in [0.15, 0.2) is 36.4 Å². The number of benzene rings is 2. The van der Waals surface area contributed by atoms with Gasteiger partial charge in [0.2, 0.25) is 11.8 Å². The van der Waals surface area contributed by atoms with Crippen LogP contribution in [0.25, 0.3) is 0 Å². The monoisotopic (exact) mass is 402 g/mol. The van der Waals surface area contributed by atoms with E-state index >= 15 is 0 Å². The molecule has 0 aliphatic rings. The van der Waals surface area contributed by atoms with Gasteiger partial charge in [0.1, 0.15) is 0 Å². The second-order valence-corrected chi connectivity index (χ2v) is 7.19. The Labute approximate surface area is 170 Å². The SMILES string of the molecule is CCOc1ccc(NC(=O)CSCC(=O)Nc2ccc(C)cc2C)cc1OC. The van der Waals surface area contributed by atoms with Gasteiger partial charge in [-0.25, -0.2) is 0 Å². The molecule has 0 saturated carbocycles. The largest absolute Gasteiger partial charge is 0.493 e. The highest BCUT2D eigenvalue weighted by Crippen LogP contribution is 2.30. The third kappa shape index (κ3) is 6.49. The van der Waals surface area contributed by atoms with E-state index in [1.54, 1.807) is 25.3 Å². The number of hydrogen-bond donors (Lipinski definition) is 2. The molecule has 150 valence electrons. The maximum Gasteiger partial charge on any atom is 0.234 e. The Kier molecular flexibility index (Phi) is 8.19. The van der Waals surface area contributed by atoms with E-state index in [0.717, 1.165) is 16.8 Å². The fourth-order valence-corrected chi connectivity index (χ4v) is 3.21. The number of thioether (sulfide) groups is 1. The topological polar surface area (TPSA) is 76.7 Å². The first-order chi connectivity index (χ1) is 13.4. The third-order valence-corrected chi connectivity index (χ3v) is 4.80. The molecule has 0 heterocycles. The van der Waals surface area contributed by atoms with Crippen LogP contribution in [0.2, 0.25) is 0 Å². The third-order valence-electron chi connectivity index (χ3n) is 3.87. The highest BCUT2D eigenvalue weighted by atomic mass is 32.2. The van der Waals surface area contributed by atoms with Crippen LogP contribution >= 0.6 is 11.8 Å². The number of methoxy groups -OCH3 is 1. The van der Waals surface area contributed by atoms with Crippen molar-refractivity contribution in [3.63, 3.8) is 0 Å². The van der Waals surface area contributed by atoms with Gasteiger partial charge in [-0.3, -0.25) is 9.59 Å². The number of amides is 2. The van der Waals surface area contributed by atoms with E-state index in [0.29, 0.717) is 23.8 Å². The van der Waals surface area contributed by atoms with Crippen molar-refractivity contribution in [3.8, 4) is 11.5 Å². The summed E-state index contributed by atoms with van der Waals surface area (Å²) < 4.78 is 10.7. The van der Waals surface area contributed by atoms with Gasteiger partial charge < -0.3 is 20.1 Å². The molecule has 0 unspecified atom stereocenters. The van der Waals surface area contributed by atoms with Gasteiger partial charge in [-0.1, -0.05) is 17.7 Å². The van der Waals surface area contributed by atoms with Gasteiger partial charge in [0.25, 0.3) is 0 Å². The molecule has 2 aromatic rings. The molecule has 0 aliphatic carbocycles. The van der Waals surface area contributed by atoms with Crippen LogP contribution in [0, 0.1) is 13.8 Å². The van der Waals surface area contributed by atoms with E-state index in [9.17, 15) is 9.59 Å². The number of rotatable bonds is 9. The average Bonchev–Trinajstić information content (AvgIpc) is 2.65. The molecule has 28 heavy (non-hydrogen) atoms. The molecule has 0 aromatic heterocycles. The number of hydrogen-bond acceptors (Lipinski definition) is 5. The Morgan fingerprint density at radius 1 is 0.964 bits per heavy atom. The summed E-state index contributed by atoms with van der Waals surface area (Å²) in [5.74, 6) is 1.24. The van der Waals surface area contributed by atoms with Crippen LogP contribution in [0.4, 0.5) is 11.4 Å². The number of aryl methyl sites for hydroxylation is 2. The Bertz CT molecular complexity index is 839. The lowest BCUT2D eigenvalue weighted by molar-refractivity contribution is -0.114. The second-order valence-electron chi connectivity index (χ2n) is 6.21. The van der Waals surface area contributed by atoms with E-state index < -0.39 is 0 Å². The second kappa shape index (κ2) is 10.6. The molecule has 0 bridgehead atoms.